The molecule has 1 aliphatic rings. The zero-order chi connectivity index (χ0) is 14.2. The molecule has 1 aliphatic heterocycles. The van der Waals surface area contributed by atoms with Gasteiger partial charge in [-0.2, -0.15) is 0 Å². The van der Waals surface area contributed by atoms with Gasteiger partial charge in [0.25, 0.3) is 5.56 Å². The van der Waals surface area contributed by atoms with Crippen LogP contribution in [0.1, 0.15) is 40.5 Å². The first kappa shape index (κ1) is 14.1. The Kier molecular flexibility index (Phi) is 3.67. The maximum atomic E-state index is 12.6. The molecule has 0 radical (unpaired) electrons. The number of hydrogen-bond acceptors (Lipinski definition) is 4. The minimum atomic E-state index is -0.232. The van der Waals surface area contributed by atoms with Crippen molar-refractivity contribution in [1.82, 2.24) is 9.55 Å². The largest absolute Gasteiger partial charge is 0.349 e. The van der Waals surface area contributed by atoms with E-state index in [1.807, 2.05) is 20.8 Å². The van der Waals surface area contributed by atoms with E-state index in [4.69, 9.17) is 5.73 Å². The highest BCUT2D eigenvalue weighted by Gasteiger charge is 2.27. The summed E-state index contributed by atoms with van der Waals surface area (Å²) in [6, 6.07) is 0.500. The molecule has 1 aromatic rings. The summed E-state index contributed by atoms with van der Waals surface area (Å²) in [5.41, 5.74) is 5.72. The van der Waals surface area contributed by atoms with Crippen LogP contribution in [0.15, 0.2) is 17.2 Å². The molecule has 2 heterocycles. The van der Waals surface area contributed by atoms with Gasteiger partial charge in [-0.3, -0.25) is 4.79 Å². The summed E-state index contributed by atoms with van der Waals surface area (Å²) in [4.78, 5) is 19.0. The average molecular weight is 264 g/mol. The summed E-state index contributed by atoms with van der Waals surface area (Å²) in [7, 11) is 0. The number of nitrogens with zero attached hydrogens (tertiary/aromatic N) is 3. The van der Waals surface area contributed by atoms with E-state index in [1.54, 1.807) is 17.0 Å². The van der Waals surface area contributed by atoms with Crippen molar-refractivity contribution in [2.24, 2.45) is 5.73 Å². The third kappa shape index (κ3) is 2.81. The molecular formula is C14H24N4O. The van der Waals surface area contributed by atoms with E-state index < -0.39 is 0 Å². The Morgan fingerprint density at radius 3 is 2.68 bits per heavy atom. The minimum absolute atomic E-state index is 0.0164. The summed E-state index contributed by atoms with van der Waals surface area (Å²) in [6.45, 7) is 8.97. The van der Waals surface area contributed by atoms with Gasteiger partial charge in [0, 0.05) is 36.6 Å². The molecule has 0 aromatic carbocycles. The average Bonchev–Trinajstić information content (AvgIpc) is 2.28. The van der Waals surface area contributed by atoms with Crippen LogP contribution < -0.4 is 16.2 Å². The Balaban J connectivity index is 2.39. The van der Waals surface area contributed by atoms with Gasteiger partial charge >= 0.3 is 0 Å². The molecule has 5 heteroatoms. The second-order valence-electron chi connectivity index (χ2n) is 6.42. The molecule has 2 rings (SSSR count). The number of piperidine rings is 1. The van der Waals surface area contributed by atoms with Crippen LogP contribution in [0.4, 0.5) is 5.82 Å². The Morgan fingerprint density at radius 1 is 1.42 bits per heavy atom. The van der Waals surface area contributed by atoms with Crippen LogP contribution in [0.25, 0.3) is 0 Å². The van der Waals surface area contributed by atoms with Gasteiger partial charge in [-0.25, -0.2) is 4.98 Å². The van der Waals surface area contributed by atoms with Crippen LogP contribution in [-0.4, -0.2) is 28.2 Å². The molecule has 1 saturated heterocycles. The van der Waals surface area contributed by atoms with Crippen LogP contribution >= 0.6 is 0 Å². The molecule has 0 spiro atoms. The van der Waals surface area contributed by atoms with Crippen molar-refractivity contribution in [3.8, 4) is 0 Å². The summed E-state index contributed by atoms with van der Waals surface area (Å²) in [6.07, 6.45) is 5.29. The van der Waals surface area contributed by atoms with Crippen molar-refractivity contribution < 1.29 is 0 Å². The highest BCUT2D eigenvalue weighted by Crippen LogP contribution is 2.20. The highest BCUT2D eigenvalue weighted by atomic mass is 16.1. The predicted molar refractivity (Wildman–Crippen MR) is 77.5 cm³/mol. The molecule has 106 valence electrons. The fourth-order valence-electron chi connectivity index (χ4n) is 2.65. The monoisotopic (exact) mass is 264 g/mol. The summed E-state index contributed by atoms with van der Waals surface area (Å²) < 4.78 is 1.75. The van der Waals surface area contributed by atoms with Gasteiger partial charge in [-0.15, -0.1) is 0 Å². The lowest BCUT2D eigenvalue weighted by Gasteiger charge is -2.37. The molecule has 1 aromatic heterocycles. The van der Waals surface area contributed by atoms with Gasteiger partial charge in [0.05, 0.1) is 0 Å². The quantitative estimate of drug-likeness (QED) is 0.830. The van der Waals surface area contributed by atoms with E-state index in [0.29, 0.717) is 5.82 Å². The molecule has 0 bridgehead atoms. The lowest BCUT2D eigenvalue weighted by atomic mass is 9.99. The molecule has 2 N–H and O–H groups in total. The van der Waals surface area contributed by atoms with Crippen molar-refractivity contribution in [2.75, 3.05) is 11.4 Å². The number of anilines is 1. The standard InChI is InChI=1S/C14H24N4O/c1-10-9-11(15)5-7-17(10)12-13(19)18(8-6-16-12)14(2,3)4/h6,8,10-11H,5,7,9,15H2,1-4H3. The fourth-order valence-corrected chi connectivity index (χ4v) is 2.65. The highest BCUT2D eigenvalue weighted by molar-refractivity contribution is 5.38. The second-order valence-corrected chi connectivity index (χ2v) is 6.42. The first-order valence-corrected chi connectivity index (χ1v) is 6.91. The zero-order valence-electron chi connectivity index (χ0n) is 12.3. The van der Waals surface area contributed by atoms with Gasteiger partial charge in [0.2, 0.25) is 0 Å². The van der Waals surface area contributed by atoms with E-state index in [-0.39, 0.29) is 23.2 Å². The third-order valence-electron chi connectivity index (χ3n) is 3.73. The van der Waals surface area contributed by atoms with Crippen molar-refractivity contribution >= 4 is 5.82 Å². The van der Waals surface area contributed by atoms with Crippen LogP contribution in [0.5, 0.6) is 0 Å². The van der Waals surface area contributed by atoms with Crippen LogP contribution in [-0.2, 0) is 5.54 Å². The van der Waals surface area contributed by atoms with E-state index in [1.165, 1.54) is 0 Å². The number of nitrogens with two attached hydrogens (primary N) is 1. The third-order valence-corrected chi connectivity index (χ3v) is 3.73. The van der Waals surface area contributed by atoms with Crippen LogP contribution in [0.3, 0.4) is 0 Å². The topological polar surface area (TPSA) is 64.2 Å². The SMILES string of the molecule is CC1CC(N)CCN1c1nccn(C(C)(C)C)c1=O. The Bertz CT molecular complexity index is 503. The molecule has 1 fully saturated rings. The maximum absolute atomic E-state index is 12.6. The normalized spacial score (nSPS) is 24.6. The minimum Gasteiger partial charge on any atom is -0.349 e. The lowest BCUT2D eigenvalue weighted by molar-refractivity contribution is 0.377. The summed E-state index contributed by atoms with van der Waals surface area (Å²) >= 11 is 0. The molecule has 0 aliphatic carbocycles. The smallest absolute Gasteiger partial charge is 0.293 e. The second kappa shape index (κ2) is 4.96. The molecule has 2 unspecified atom stereocenters. The lowest BCUT2D eigenvalue weighted by Crippen LogP contribution is -2.49. The summed E-state index contributed by atoms with van der Waals surface area (Å²) in [5, 5.41) is 0. The van der Waals surface area contributed by atoms with Crippen molar-refractivity contribution in [2.45, 2.75) is 58.2 Å². The maximum Gasteiger partial charge on any atom is 0.293 e. The van der Waals surface area contributed by atoms with E-state index in [2.05, 4.69) is 16.8 Å². The van der Waals surface area contributed by atoms with Gasteiger partial charge in [0.15, 0.2) is 5.82 Å². The van der Waals surface area contributed by atoms with Gasteiger partial charge in [-0.05, 0) is 40.5 Å². The zero-order valence-corrected chi connectivity index (χ0v) is 12.3. The number of hydrogen-bond donors (Lipinski definition) is 1. The predicted octanol–water partition coefficient (Wildman–Crippen LogP) is 1.31. The van der Waals surface area contributed by atoms with Gasteiger partial charge in [-0.1, -0.05) is 0 Å². The van der Waals surface area contributed by atoms with Gasteiger partial charge in [0.1, 0.15) is 0 Å². The Hall–Kier alpha value is -1.36. The molecule has 5 nitrogen and oxygen atoms in total. The summed E-state index contributed by atoms with van der Waals surface area (Å²) in [5.74, 6) is 0.553. The first-order chi connectivity index (χ1) is 8.80. The van der Waals surface area contributed by atoms with Crippen LogP contribution in [0, 0.1) is 0 Å². The van der Waals surface area contributed by atoms with Crippen LogP contribution in [0.2, 0.25) is 0 Å². The molecule has 0 saturated carbocycles. The molecule has 0 amide bonds. The number of rotatable bonds is 1. The van der Waals surface area contributed by atoms with Gasteiger partial charge < -0.3 is 15.2 Å². The molecule has 2 atom stereocenters. The fraction of sp³-hybridized carbons (Fsp3) is 0.714. The van der Waals surface area contributed by atoms with E-state index >= 15 is 0 Å². The number of aromatic nitrogens is 2. The Morgan fingerprint density at radius 2 is 2.11 bits per heavy atom. The van der Waals surface area contributed by atoms with E-state index in [9.17, 15) is 4.79 Å². The van der Waals surface area contributed by atoms with Crippen molar-refractivity contribution in [1.29, 1.82) is 0 Å². The van der Waals surface area contributed by atoms with Crippen molar-refractivity contribution in [3.63, 3.8) is 0 Å². The Labute approximate surface area is 114 Å². The molecular weight excluding hydrogens is 240 g/mol. The molecule has 19 heavy (non-hydrogen) atoms. The van der Waals surface area contributed by atoms with Crippen molar-refractivity contribution in [3.05, 3.63) is 22.7 Å². The van der Waals surface area contributed by atoms with E-state index in [0.717, 1.165) is 19.4 Å². The first-order valence-electron chi connectivity index (χ1n) is 6.91.